The number of hydrogen-bond acceptors (Lipinski definition) is 4. The normalized spacial score (nSPS) is 29.2. The van der Waals surface area contributed by atoms with Crippen LogP contribution >= 0.6 is 0 Å². The van der Waals surface area contributed by atoms with Crippen LogP contribution in [0.4, 0.5) is 0 Å². The lowest BCUT2D eigenvalue weighted by molar-refractivity contribution is 0.00917. The Kier molecular flexibility index (Phi) is 6.41. The molecule has 2 heterocycles. The molecule has 0 radical (unpaired) electrons. The molecule has 2 aliphatic rings. The molecule has 1 N–H and O–H groups in total. The Morgan fingerprint density at radius 1 is 1.28 bits per heavy atom. The molecule has 18 heavy (non-hydrogen) atoms. The summed E-state index contributed by atoms with van der Waals surface area (Å²) in [4.78, 5) is 2.52. The van der Waals surface area contributed by atoms with Crippen molar-refractivity contribution in [2.24, 2.45) is 0 Å². The van der Waals surface area contributed by atoms with Crippen LogP contribution in [0.3, 0.4) is 0 Å². The number of rotatable bonds is 8. The molecule has 0 aromatic rings. The summed E-state index contributed by atoms with van der Waals surface area (Å²) in [6.45, 7) is 5.02. The Labute approximate surface area is 110 Å². The van der Waals surface area contributed by atoms with Gasteiger partial charge in [-0.3, -0.25) is 4.90 Å². The minimum absolute atomic E-state index is 0.319. The van der Waals surface area contributed by atoms with E-state index in [0.29, 0.717) is 18.8 Å². The lowest BCUT2D eigenvalue weighted by Gasteiger charge is -2.24. The lowest BCUT2D eigenvalue weighted by Crippen LogP contribution is -2.33. The van der Waals surface area contributed by atoms with E-state index in [2.05, 4.69) is 4.90 Å². The van der Waals surface area contributed by atoms with Crippen LogP contribution in [0.15, 0.2) is 0 Å². The van der Waals surface area contributed by atoms with Gasteiger partial charge in [0, 0.05) is 25.8 Å². The van der Waals surface area contributed by atoms with E-state index in [1.165, 1.54) is 25.8 Å². The molecule has 0 aliphatic carbocycles. The van der Waals surface area contributed by atoms with Crippen molar-refractivity contribution in [2.75, 3.05) is 39.5 Å². The molecule has 0 aromatic heterocycles. The van der Waals surface area contributed by atoms with Crippen LogP contribution in [0.1, 0.15) is 38.5 Å². The van der Waals surface area contributed by atoms with Crippen LogP contribution < -0.4 is 0 Å². The first-order valence-electron chi connectivity index (χ1n) is 7.44. The first-order chi connectivity index (χ1) is 8.90. The highest BCUT2D eigenvalue weighted by Gasteiger charge is 2.23. The molecule has 106 valence electrons. The van der Waals surface area contributed by atoms with E-state index in [1.54, 1.807) is 0 Å². The fourth-order valence-electron chi connectivity index (χ4n) is 3.02. The molecule has 4 nitrogen and oxygen atoms in total. The van der Waals surface area contributed by atoms with E-state index in [4.69, 9.17) is 14.6 Å². The second-order valence-electron chi connectivity index (χ2n) is 5.41. The van der Waals surface area contributed by atoms with E-state index in [1.807, 2.05) is 0 Å². The standard InChI is InChI=1S/C14H27NO3/c16-9-2-5-13-4-1-7-15(13)8-11-17-12-14-6-3-10-18-14/h13-14,16H,1-12H2/t13-,14+/m1/s1. The number of ether oxygens (including phenoxy) is 2. The Hall–Kier alpha value is -0.160. The average Bonchev–Trinajstić information content (AvgIpc) is 3.03. The van der Waals surface area contributed by atoms with Crippen LogP contribution in [0.25, 0.3) is 0 Å². The summed E-state index contributed by atoms with van der Waals surface area (Å²) in [6, 6.07) is 0.670. The summed E-state index contributed by atoms with van der Waals surface area (Å²) in [5.41, 5.74) is 0. The van der Waals surface area contributed by atoms with Gasteiger partial charge in [-0.05, 0) is 45.1 Å². The monoisotopic (exact) mass is 257 g/mol. The van der Waals surface area contributed by atoms with E-state index in [-0.39, 0.29) is 0 Å². The van der Waals surface area contributed by atoms with E-state index < -0.39 is 0 Å². The van der Waals surface area contributed by atoms with Crippen LogP contribution in [0.5, 0.6) is 0 Å². The molecule has 0 unspecified atom stereocenters. The van der Waals surface area contributed by atoms with Gasteiger partial charge >= 0.3 is 0 Å². The fraction of sp³-hybridized carbons (Fsp3) is 1.00. The van der Waals surface area contributed by atoms with Crippen molar-refractivity contribution in [1.82, 2.24) is 4.90 Å². The van der Waals surface area contributed by atoms with Crippen molar-refractivity contribution >= 4 is 0 Å². The van der Waals surface area contributed by atoms with Gasteiger partial charge in [0.15, 0.2) is 0 Å². The maximum atomic E-state index is 8.89. The molecule has 2 rings (SSSR count). The second kappa shape index (κ2) is 8.10. The number of aliphatic hydroxyl groups excluding tert-OH is 1. The molecular formula is C14H27NO3. The van der Waals surface area contributed by atoms with Gasteiger partial charge in [-0.1, -0.05) is 0 Å². The van der Waals surface area contributed by atoms with Gasteiger partial charge in [0.25, 0.3) is 0 Å². The zero-order valence-electron chi connectivity index (χ0n) is 11.4. The van der Waals surface area contributed by atoms with Crippen molar-refractivity contribution < 1.29 is 14.6 Å². The van der Waals surface area contributed by atoms with Crippen molar-refractivity contribution in [2.45, 2.75) is 50.7 Å². The molecule has 0 amide bonds. The minimum atomic E-state index is 0.319. The number of aliphatic hydroxyl groups is 1. The van der Waals surface area contributed by atoms with Crippen molar-refractivity contribution in [3.8, 4) is 0 Å². The first kappa shape index (κ1) is 14.3. The van der Waals surface area contributed by atoms with Crippen molar-refractivity contribution in [3.63, 3.8) is 0 Å². The van der Waals surface area contributed by atoms with Crippen LogP contribution in [-0.4, -0.2) is 61.7 Å². The highest BCUT2D eigenvalue weighted by Crippen LogP contribution is 2.20. The van der Waals surface area contributed by atoms with Gasteiger partial charge in [0.1, 0.15) is 0 Å². The van der Waals surface area contributed by atoms with Crippen molar-refractivity contribution in [3.05, 3.63) is 0 Å². The van der Waals surface area contributed by atoms with Crippen LogP contribution in [0, 0.1) is 0 Å². The molecule has 2 aliphatic heterocycles. The summed E-state index contributed by atoms with van der Waals surface area (Å²) in [5.74, 6) is 0. The number of nitrogens with zero attached hydrogens (tertiary/aromatic N) is 1. The molecule has 0 bridgehead atoms. The summed E-state index contributed by atoms with van der Waals surface area (Å²) in [7, 11) is 0. The topological polar surface area (TPSA) is 41.9 Å². The summed E-state index contributed by atoms with van der Waals surface area (Å²) >= 11 is 0. The predicted molar refractivity (Wildman–Crippen MR) is 70.7 cm³/mol. The Bertz CT molecular complexity index is 219. The first-order valence-corrected chi connectivity index (χ1v) is 7.44. The molecule has 2 atom stereocenters. The SMILES string of the molecule is OCCC[C@H]1CCCN1CCOC[C@@H]1CCCO1. The predicted octanol–water partition coefficient (Wildman–Crippen LogP) is 1.42. The maximum Gasteiger partial charge on any atom is 0.0809 e. The third-order valence-electron chi connectivity index (χ3n) is 4.05. The maximum absolute atomic E-state index is 8.89. The summed E-state index contributed by atoms with van der Waals surface area (Å²) in [6.07, 6.45) is 7.31. The summed E-state index contributed by atoms with van der Waals surface area (Å²) in [5, 5.41) is 8.89. The van der Waals surface area contributed by atoms with E-state index >= 15 is 0 Å². The Morgan fingerprint density at radius 2 is 2.22 bits per heavy atom. The third-order valence-corrected chi connectivity index (χ3v) is 4.05. The van der Waals surface area contributed by atoms with Gasteiger partial charge < -0.3 is 14.6 Å². The fourth-order valence-corrected chi connectivity index (χ4v) is 3.02. The van der Waals surface area contributed by atoms with Gasteiger partial charge in [-0.2, -0.15) is 0 Å². The van der Waals surface area contributed by atoms with E-state index in [0.717, 1.165) is 45.6 Å². The number of likely N-dealkylation sites (tertiary alicyclic amines) is 1. The Balaban J connectivity index is 1.54. The van der Waals surface area contributed by atoms with Crippen LogP contribution in [0.2, 0.25) is 0 Å². The summed E-state index contributed by atoms with van der Waals surface area (Å²) < 4.78 is 11.2. The van der Waals surface area contributed by atoms with Gasteiger partial charge in [-0.25, -0.2) is 0 Å². The quantitative estimate of drug-likeness (QED) is 0.668. The molecule has 0 spiro atoms. The van der Waals surface area contributed by atoms with Gasteiger partial charge in [-0.15, -0.1) is 0 Å². The largest absolute Gasteiger partial charge is 0.396 e. The molecule has 2 saturated heterocycles. The lowest BCUT2D eigenvalue weighted by atomic mass is 10.1. The van der Waals surface area contributed by atoms with Crippen molar-refractivity contribution in [1.29, 1.82) is 0 Å². The zero-order chi connectivity index (χ0) is 12.6. The third kappa shape index (κ3) is 4.50. The smallest absolute Gasteiger partial charge is 0.0809 e. The highest BCUT2D eigenvalue weighted by atomic mass is 16.5. The second-order valence-corrected chi connectivity index (χ2v) is 5.41. The number of hydrogen-bond donors (Lipinski definition) is 1. The molecule has 2 fully saturated rings. The molecule has 4 heteroatoms. The van der Waals surface area contributed by atoms with E-state index in [9.17, 15) is 0 Å². The average molecular weight is 257 g/mol. The van der Waals surface area contributed by atoms with Crippen LogP contribution in [-0.2, 0) is 9.47 Å². The van der Waals surface area contributed by atoms with Gasteiger partial charge in [0.2, 0.25) is 0 Å². The minimum Gasteiger partial charge on any atom is -0.396 e. The highest BCUT2D eigenvalue weighted by molar-refractivity contribution is 4.78. The van der Waals surface area contributed by atoms with Gasteiger partial charge in [0.05, 0.1) is 19.3 Å². The Morgan fingerprint density at radius 3 is 3.00 bits per heavy atom. The molecule has 0 saturated carbocycles. The molecular weight excluding hydrogens is 230 g/mol. The zero-order valence-corrected chi connectivity index (χ0v) is 11.4. The molecule has 0 aromatic carbocycles.